The Labute approximate surface area is 148 Å². The zero-order valence-electron chi connectivity index (χ0n) is 14.8. The first-order valence-electron chi connectivity index (χ1n) is 8.96. The van der Waals surface area contributed by atoms with Gasteiger partial charge >= 0.3 is 6.03 Å². The highest BCUT2D eigenvalue weighted by atomic mass is 16.2. The molecule has 25 heavy (non-hydrogen) atoms. The van der Waals surface area contributed by atoms with Gasteiger partial charge in [-0.2, -0.15) is 0 Å². The first-order valence-corrected chi connectivity index (χ1v) is 8.96. The van der Waals surface area contributed by atoms with Gasteiger partial charge in [0.05, 0.1) is 0 Å². The molecule has 1 saturated carbocycles. The summed E-state index contributed by atoms with van der Waals surface area (Å²) in [6.45, 7) is 3.61. The fourth-order valence-electron chi connectivity index (χ4n) is 3.84. The number of imide groups is 1. The number of nitrogens with one attached hydrogen (secondary N) is 1. The number of anilines is 1. The Bertz CT molecular complexity index is 666. The van der Waals surface area contributed by atoms with Crippen molar-refractivity contribution < 1.29 is 14.4 Å². The van der Waals surface area contributed by atoms with Crippen molar-refractivity contribution in [3.8, 4) is 0 Å². The van der Waals surface area contributed by atoms with Gasteiger partial charge in [0, 0.05) is 11.7 Å². The molecule has 6 heteroatoms. The predicted molar refractivity (Wildman–Crippen MR) is 95.1 cm³/mol. The molecule has 1 aromatic carbocycles. The van der Waals surface area contributed by atoms with Crippen molar-refractivity contribution in [3.05, 3.63) is 30.3 Å². The van der Waals surface area contributed by atoms with Gasteiger partial charge in [-0.25, -0.2) is 4.79 Å². The van der Waals surface area contributed by atoms with Crippen molar-refractivity contribution in [2.24, 2.45) is 0 Å². The molecule has 1 spiro atoms. The summed E-state index contributed by atoms with van der Waals surface area (Å²) in [5.41, 5.74) is -0.0210. The van der Waals surface area contributed by atoms with Crippen molar-refractivity contribution in [2.75, 3.05) is 11.4 Å². The lowest BCUT2D eigenvalue weighted by Gasteiger charge is -2.31. The van der Waals surface area contributed by atoms with Gasteiger partial charge in [-0.1, -0.05) is 37.5 Å². The second-order valence-electron chi connectivity index (χ2n) is 7.16. The van der Waals surface area contributed by atoms with E-state index in [0.29, 0.717) is 12.8 Å². The second kappa shape index (κ2) is 6.86. The van der Waals surface area contributed by atoms with Crippen molar-refractivity contribution >= 4 is 23.5 Å². The first kappa shape index (κ1) is 17.5. The maximum absolute atomic E-state index is 12.9. The minimum atomic E-state index is -0.787. The molecule has 0 aromatic heterocycles. The van der Waals surface area contributed by atoms with Crippen molar-refractivity contribution in [3.63, 3.8) is 0 Å². The van der Waals surface area contributed by atoms with Gasteiger partial charge in [0.1, 0.15) is 12.1 Å². The van der Waals surface area contributed by atoms with Crippen LogP contribution in [0.1, 0.15) is 46.0 Å². The van der Waals surface area contributed by atoms with Gasteiger partial charge in [-0.3, -0.25) is 14.5 Å². The molecule has 1 heterocycles. The molecule has 4 amide bonds. The smallest absolute Gasteiger partial charge is 0.323 e. The number of nitrogens with zero attached hydrogens (tertiary/aromatic N) is 2. The first-order chi connectivity index (χ1) is 11.9. The van der Waals surface area contributed by atoms with Crippen LogP contribution in [0.25, 0.3) is 0 Å². The van der Waals surface area contributed by atoms with Crippen LogP contribution in [0.4, 0.5) is 10.5 Å². The van der Waals surface area contributed by atoms with E-state index in [2.05, 4.69) is 5.32 Å². The summed E-state index contributed by atoms with van der Waals surface area (Å²) in [6, 6.07) is 8.80. The largest absolute Gasteiger partial charge is 0.325 e. The number of carbonyl (C=O) groups excluding carboxylic acids is 3. The molecular formula is C19H25N3O3. The Hall–Kier alpha value is -2.37. The van der Waals surface area contributed by atoms with Crippen molar-refractivity contribution in [1.29, 1.82) is 0 Å². The van der Waals surface area contributed by atoms with Gasteiger partial charge in [-0.15, -0.1) is 0 Å². The Kier molecular flexibility index (Phi) is 4.79. The number of carbonyl (C=O) groups is 3. The van der Waals surface area contributed by atoms with E-state index in [0.717, 1.165) is 29.8 Å². The van der Waals surface area contributed by atoms with Gasteiger partial charge < -0.3 is 10.2 Å². The molecule has 134 valence electrons. The van der Waals surface area contributed by atoms with Crippen LogP contribution in [0.2, 0.25) is 0 Å². The van der Waals surface area contributed by atoms with E-state index in [1.54, 1.807) is 4.90 Å². The summed E-state index contributed by atoms with van der Waals surface area (Å²) in [5.74, 6) is -0.500. The van der Waals surface area contributed by atoms with E-state index in [-0.39, 0.29) is 24.4 Å². The van der Waals surface area contributed by atoms with Crippen LogP contribution in [-0.2, 0) is 9.59 Å². The molecule has 1 aromatic rings. The van der Waals surface area contributed by atoms with E-state index in [4.69, 9.17) is 0 Å². The molecule has 3 rings (SSSR count). The summed E-state index contributed by atoms with van der Waals surface area (Å²) < 4.78 is 0. The molecule has 6 nitrogen and oxygen atoms in total. The van der Waals surface area contributed by atoms with E-state index in [9.17, 15) is 14.4 Å². The second-order valence-corrected chi connectivity index (χ2v) is 7.16. The molecule has 1 aliphatic carbocycles. The molecule has 0 radical (unpaired) electrons. The SMILES string of the molecule is CC(C)N(C(=O)CN1C(=O)NC2(CCCCC2)C1=O)c1ccccc1. The van der Waals surface area contributed by atoms with Crippen LogP contribution in [0.3, 0.4) is 0 Å². The molecule has 1 saturated heterocycles. The molecule has 2 aliphatic rings. The van der Waals surface area contributed by atoms with Crippen LogP contribution in [0, 0.1) is 0 Å². The van der Waals surface area contributed by atoms with Crippen LogP contribution in [-0.4, -0.2) is 40.9 Å². The van der Waals surface area contributed by atoms with E-state index < -0.39 is 11.6 Å². The standard InChI is InChI=1S/C19H25N3O3/c1-14(2)22(15-9-5-3-6-10-15)16(23)13-21-17(24)19(20-18(21)25)11-7-4-8-12-19/h3,5-6,9-10,14H,4,7-8,11-13H2,1-2H3,(H,20,25). The van der Waals surface area contributed by atoms with Crippen LogP contribution >= 0.6 is 0 Å². The minimum Gasteiger partial charge on any atom is -0.323 e. The molecule has 0 unspecified atom stereocenters. The molecule has 1 N–H and O–H groups in total. The Morgan fingerprint density at radius 2 is 1.80 bits per heavy atom. The highest BCUT2D eigenvalue weighted by Gasteiger charge is 2.51. The number of para-hydroxylation sites is 1. The van der Waals surface area contributed by atoms with Gasteiger partial charge in [-0.05, 0) is 38.8 Å². The van der Waals surface area contributed by atoms with E-state index in [1.807, 2.05) is 44.2 Å². The van der Waals surface area contributed by atoms with Crippen LogP contribution in [0.15, 0.2) is 30.3 Å². The maximum Gasteiger partial charge on any atom is 0.325 e. The third kappa shape index (κ3) is 3.25. The fourth-order valence-corrected chi connectivity index (χ4v) is 3.84. The lowest BCUT2D eigenvalue weighted by molar-refractivity contribution is -0.135. The lowest BCUT2D eigenvalue weighted by atomic mass is 9.82. The number of benzene rings is 1. The van der Waals surface area contributed by atoms with Gasteiger partial charge in [0.2, 0.25) is 5.91 Å². The summed E-state index contributed by atoms with van der Waals surface area (Å²) in [5, 5.41) is 2.85. The highest BCUT2D eigenvalue weighted by molar-refractivity contribution is 6.10. The summed E-state index contributed by atoms with van der Waals surface area (Å²) >= 11 is 0. The minimum absolute atomic E-state index is 0.0701. The monoisotopic (exact) mass is 343 g/mol. The summed E-state index contributed by atoms with van der Waals surface area (Å²) in [7, 11) is 0. The quantitative estimate of drug-likeness (QED) is 0.855. The van der Waals surface area contributed by atoms with E-state index >= 15 is 0 Å². The lowest BCUT2D eigenvalue weighted by Crippen LogP contribution is -2.49. The molecule has 2 fully saturated rings. The average Bonchev–Trinajstić information content (AvgIpc) is 2.80. The van der Waals surface area contributed by atoms with Gasteiger partial charge in [0.25, 0.3) is 5.91 Å². The zero-order chi connectivity index (χ0) is 18.0. The van der Waals surface area contributed by atoms with Gasteiger partial charge in [0.15, 0.2) is 0 Å². The fraction of sp³-hybridized carbons (Fsp3) is 0.526. The Balaban J connectivity index is 1.77. The normalized spacial score (nSPS) is 19.4. The number of amides is 4. The molecule has 0 bridgehead atoms. The highest BCUT2D eigenvalue weighted by Crippen LogP contribution is 2.33. The third-order valence-electron chi connectivity index (χ3n) is 5.07. The molecule has 1 aliphatic heterocycles. The number of rotatable bonds is 4. The summed E-state index contributed by atoms with van der Waals surface area (Å²) in [4.78, 5) is 40.8. The average molecular weight is 343 g/mol. The number of hydrogen-bond acceptors (Lipinski definition) is 3. The molecule has 0 atom stereocenters. The number of urea groups is 1. The predicted octanol–water partition coefficient (Wildman–Crippen LogP) is 2.68. The Morgan fingerprint density at radius 3 is 2.40 bits per heavy atom. The zero-order valence-corrected chi connectivity index (χ0v) is 14.8. The van der Waals surface area contributed by atoms with E-state index in [1.165, 1.54) is 0 Å². The van der Waals surface area contributed by atoms with Crippen LogP contribution in [0.5, 0.6) is 0 Å². The van der Waals surface area contributed by atoms with Crippen molar-refractivity contribution in [2.45, 2.75) is 57.5 Å². The molecular weight excluding hydrogens is 318 g/mol. The third-order valence-corrected chi connectivity index (χ3v) is 5.07. The summed E-state index contributed by atoms with van der Waals surface area (Å²) in [6.07, 6.45) is 4.26. The maximum atomic E-state index is 12.9. The Morgan fingerprint density at radius 1 is 1.16 bits per heavy atom. The van der Waals surface area contributed by atoms with Crippen molar-refractivity contribution in [1.82, 2.24) is 10.2 Å². The number of hydrogen-bond donors (Lipinski definition) is 1. The van der Waals surface area contributed by atoms with Crippen LogP contribution < -0.4 is 10.2 Å². The topological polar surface area (TPSA) is 69.7 Å².